The highest BCUT2D eigenvalue weighted by Gasteiger charge is 2.47. The lowest BCUT2D eigenvalue weighted by molar-refractivity contribution is -0.00817. The number of hydrogen-bond acceptors (Lipinski definition) is 3. The fourth-order valence-electron chi connectivity index (χ4n) is 4.82. The Morgan fingerprint density at radius 1 is 0.731 bits per heavy atom. The molecule has 1 aliphatic rings. The fourth-order valence-corrected chi connectivity index (χ4v) is 4.82. The van der Waals surface area contributed by atoms with Crippen LogP contribution in [0.4, 0.5) is 0 Å². The van der Waals surface area contributed by atoms with E-state index < -0.39 is 0 Å². The molecule has 0 aromatic heterocycles. The van der Waals surface area contributed by atoms with Gasteiger partial charge in [-0.05, 0) is 58.0 Å². The first kappa shape index (κ1) is 19.1. The van der Waals surface area contributed by atoms with Gasteiger partial charge in [0.1, 0.15) is 0 Å². The lowest BCUT2D eigenvalue weighted by Crippen LogP contribution is -2.53. The van der Waals surface area contributed by atoms with Gasteiger partial charge in [-0.3, -0.25) is 9.80 Å². The first-order valence-corrected chi connectivity index (χ1v) is 9.66. The Labute approximate surface area is 158 Å². The Kier molecular flexibility index (Phi) is 5.81. The van der Waals surface area contributed by atoms with E-state index in [2.05, 4.69) is 91.6 Å². The van der Waals surface area contributed by atoms with E-state index in [4.69, 9.17) is 0 Å². The number of nitrogens with zero attached hydrogens (tertiary/aromatic N) is 2. The van der Waals surface area contributed by atoms with Crippen molar-refractivity contribution in [2.75, 3.05) is 34.3 Å². The lowest BCUT2D eigenvalue weighted by atomic mass is 9.66. The predicted octanol–water partition coefficient (Wildman–Crippen LogP) is 3.84. The maximum atomic E-state index is 9.55. The summed E-state index contributed by atoms with van der Waals surface area (Å²) in [7, 11) is 6.58. The van der Waals surface area contributed by atoms with E-state index in [1.165, 1.54) is 11.1 Å². The molecule has 0 radical (unpaired) electrons. The van der Waals surface area contributed by atoms with Crippen LogP contribution >= 0.6 is 0 Å². The molecule has 3 rings (SSSR count). The molecule has 1 N–H and O–H groups in total. The van der Waals surface area contributed by atoms with Crippen LogP contribution in [0.2, 0.25) is 0 Å². The van der Waals surface area contributed by atoms with E-state index in [-0.39, 0.29) is 17.7 Å². The van der Waals surface area contributed by atoms with Gasteiger partial charge >= 0.3 is 0 Å². The Balaban J connectivity index is 1.95. The maximum Gasteiger partial charge on any atom is 0.0558 e. The smallest absolute Gasteiger partial charge is 0.0558 e. The van der Waals surface area contributed by atoms with E-state index in [1.807, 2.05) is 0 Å². The van der Waals surface area contributed by atoms with Crippen LogP contribution in [-0.2, 0) is 11.1 Å². The van der Waals surface area contributed by atoms with Gasteiger partial charge in [0.05, 0.1) is 6.61 Å². The van der Waals surface area contributed by atoms with Gasteiger partial charge < -0.3 is 5.11 Å². The van der Waals surface area contributed by atoms with Gasteiger partial charge in [-0.25, -0.2) is 0 Å². The van der Waals surface area contributed by atoms with Crippen molar-refractivity contribution in [1.29, 1.82) is 0 Å². The second kappa shape index (κ2) is 7.91. The minimum atomic E-state index is -0.00171. The Morgan fingerprint density at radius 3 is 1.58 bits per heavy atom. The summed E-state index contributed by atoms with van der Waals surface area (Å²) in [4.78, 5) is 4.77. The highest BCUT2D eigenvalue weighted by molar-refractivity contribution is 5.30. The third-order valence-electron chi connectivity index (χ3n) is 6.55. The molecule has 0 atom stereocenters. The molecule has 0 amide bonds. The average molecular weight is 353 g/mol. The predicted molar refractivity (Wildman–Crippen MR) is 108 cm³/mol. The van der Waals surface area contributed by atoms with Crippen molar-refractivity contribution >= 4 is 0 Å². The van der Waals surface area contributed by atoms with Gasteiger partial charge in [0, 0.05) is 17.6 Å². The molecule has 26 heavy (non-hydrogen) atoms. The van der Waals surface area contributed by atoms with Crippen LogP contribution in [0.3, 0.4) is 0 Å². The molecule has 140 valence electrons. The van der Waals surface area contributed by atoms with Crippen LogP contribution in [0.5, 0.6) is 0 Å². The second-order valence-corrected chi connectivity index (χ2v) is 7.83. The van der Waals surface area contributed by atoms with Gasteiger partial charge in [-0.2, -0.15) is 0 Å². The molecule has 3 nitrogen and oxygen atoms in total. The zero-order valence-electron chi connectivity index (χ0n) is 16.4. The Morgan fingerprint density at radius 2 is 1.15 bits per heavy atom. The second-order valence-electron chi connectivity index (χ2n) is 7.83. The minimum Gasteiger partial charge on any atom is -0.395 e. The van der Waals surface area contributed by atoms with Crippen LogP contribution in [-0.4, -0.2) is 49.2 Å². The van der Waals surface area contributed by atoms with E-state index in [1.54, 1.807) is 0 Å². The molecule has 0 saturated heterocycles. The summed E-state index contributed by atoms with van der Waals surface area (Å²) in [5, 5.41) is 9.55. The molecule has 0 aliphatic heterocycles. The summed E-state index contributed by atoms with van der Waals surface area (Å²) in [6, 6.07) is 21.8. The molecule has 0 heterocycles. The van der Waals surface area contributed by atoms with E-state index in [9.17, 15) is 5.11 Å². The molecule has 0 spiro atoms. The van der Waals surface area contributed by atoms with Gasteiger partial charge in [-0.1, -0.05) is 60.7 Å². The number of likely N-dealkylation sites (N-methyl/N-ethyl adjacent to an activating group) is 1. The average Bonchev–Trinajstić information content (AvgIpc) is 2.69. The quantitative estimate of drug-likeness (QED) is 0.856. The third kappa shape index (κ3) is 3.32. The molecule has 3 heteroatoms. The number of aliphatic hydroxyl groups excluding tert-OH is 1. The summed E-state index contributed by atoms with van der Waals surface area (Å²) in [5.74, 6) is 0. The summed E-state index contributed by atoms with van der Waals surface area (Å²) in [5.41, 5.74) is 2.87. The summed E-state index contributed by atoms with van der Waals surface area (Å²) in [6.45, 7) is 0.901. The molecular formula is C23H32N2O. The third-order valence-corrected chi connectivity index (χ3v) is 6.55. The van der Waals surface area contributed by atoms with Crippen LogP contribution in [0.15, 0.2) is 60.7 Å². The van der Waals surface area contributed by atoms with Crippen molar-refractivity contribution in [2.45, 2.75) is 36.8 Å². The zero-order chi connectivity index (χ0) is 18.6. The molecule has 1 aliphatic carbocycles. The number of aliphatic hydroxyl groups is 1. The van der Waals surface area contributed by atoms with E-state index in [0.717, 1.165) is 25.7 Å². The van der Waals surface area contributed by atoms with Gasteiger partial charge in [-0.15, -0.1) is 0 Å². The zero-order valence-corrected chi connectivity index (χ0v) is 16.4. The SMILES string of the molecule is CN(C)C1(c2ccccc2)CCC(c2ccccc2)(N(C)CCO)CC1. The number of benzene rings is 2. The Hall–Kier alpha value is -1.68. The highest BCUT2D eigenvalue weighted by Crippen LogP contribution is 2.50. The minimum absolute atomic E-state index is 0.00171. The normalized spacial score (nSPS) is 26.4. The standard InChI is InChI=1S/C23H32N2O/c1-24(2)22(20-10-6-4-7-11-20)14-16-23(17-15-22,25(3)18-19-26)21-12-8-5-9-13-21/h4-13,26H,14-19H2,1-3H3. The molecular weight excluding hydrogens is 320 g/mol. The highest BCUT2D eigenvalue weighted by atomic mass is 16.3. The summed E-state index contributed by atoms with van der Waals surface area (Å²) < 4.78 is 0. The van der Waals surface area contributed by atoms with Crippen LogP contribution < -0.4 is 0 Å². The van der Waals surface area contributed by atoms with Crippen LogP contribution in [0, 0.1) is 0 Å². The van der Waals surface area contributed by atoms with Crippen molar-refractivity contribution in [3.05, 3.63) is 71.8 Å². The molecule has 1 fully saturated rings. The van der Waals surface area contributed by atoms with Crippen molar-refractivity contribution in [1.82, 2.24) is 9.80 Å². The Bertz CT molecular complexity index is 676. The largest absolute Gasteiger partial charge is 0.395 e. The van der Waals surface area contributed by atoms with Gasteiger partial charge in [0.2, 0.25) is 0 Å². The molecule has 2 aromatic carbocycles. The fraction of sp³-hybridized carbons (Fsp3) is 0.478. The first-order valence-electron chi connectivity index (χ1n) is 9.66. The summed E-state index contributed by atoms with van der Waals surface area (Å²) >= 11 is 0. The van der Waals surface area contributed by atoms with E-state index in [0.29, 0.717) is 6.54 Å². The monoisotopic (exact) mass is 352 g/mol. The van der Waals surface area contributed by atoms with Crippen molar-refractivity contribution < 1.29 is 5.11 Å². The first-order chi connectivity index (χ1) is 12.5. The maximum absolute atomic E-state index is 9.55. The molecule has 1 saturated carbocycles. The molecule has 2 aromatic rings. The van der Waals surface area contributed by atoms with E-state index >= 15 is 0 Å². The topological polar surface area (TPSA) is 26.7 Å². The van der Waals surface area contributed by atoms with Crippen LogP contribution in [0.1, 0.15) is 36.8 Å². The number of rotatable bonds is 6. The van der Waals surface area contributed by atoms with Gasteiger partial charge in [0.15, 0.2) is 0 Å². The van der Waals surface area contributed by atoms with Crippen LogP contribution in [0.25, 0.3) is 0 Å². The lowest BCUT2D eigenvalue weighted by Gasteiger charge is -2.53. The molecule has 0 bridgehead atoms. The number of hydrogen-bond donors (Lipinski definition) is 1. The van der Waals surface area contributed by atoms with Crippen molar-refractivity contribution in [3.63, 3.8) is 0 Å². The van der Waals surface area contributed by atoms with Gasteiger partial charge in [0.25, 0.3) is 0 Å². The van der Waals surface area contributed by atoms with Crippen molar-refractivity contribution in [3.8, 4) is 0 Å². The van der Waals surface area contributed by atoms with Crippen molar-refractivity contribution in [2.24, 2.45) is 0 Å². The summed E-state index contributed by atoms with van der Waals surface area (Å²) in [6.07, 6.45) is 4.38. The molecule has 0 unspecified atom stereocenters.